The molecule has 0 saturated heterocycles. The van der Waals surface area contributed by atoms with Gasteiger partial charge in [-0.2, -0.15) is 0 Å². The van der Waals surface area contributed by atoms with E-state index in [1.807, 2.05) is 6.92 Å². The summed E-state index contributed by atoms with van der Waals surface area (Å²) >= 11 is 0. The lowest BCUT2D eigenvalue weighted by atomic mass is 10.1. The molecule has 4 N–H and O–H groups in total. The van der Waals surface area contributed by atoms with Crippen LogP contribution in [-0.4, -0.2) is 29.1 Å². The fourth-order valence-electron chi connectivity index (χ4n) is 1.17. The van der Waals surface area contributed by atoms with Crippen molar-refractivity contribution in [3.63, 3.8) is 0 Å². The molecule has 88 valence electrons. The van der Waals surface area contributed by atoms with E-state index in [2.05, 4.69) is 5.32 Å². The number of nitrogens with two attached hydrogens (primary N) is 1. The van der Waals surface area contributed by atoms with Gasteiger partial charge in [0, 0.05) is 0 Å². The molecule has 0 aromatic heterocycles. The Kier molecular flexibility index (Phi) is 6.70. The minimum atomic E-state index is -1.02. The summed E-state index contributed by atoms with van der Waals surface area (Å²) in [4.78, 5) is 22.1. The third kappa shape index (κ3) is 5.37. The third-order valence-electron chi connectivity index (χ3n) is 2.23. The molecule has 0 aliphatic carbocycles. The molecule has 15 heavy (non-hydrogen) atoms. The average molecular weight is 216 g/mol. The molecule has 1 amide bonds. The van der Waals surface area contributed by atoms with Crippen LogP contribution >= 0.6 is 0 Å². The van der Waals surface area contributed by atoms with E-state index >= 15 is 0 Å². The first-order chi connectivity index (χ1) is 7.02. The van der Waals surface area contributed by atoms with Crippen molar-refractivity contribution in [3.8, 4) is 0 Å². The summed E-state index contributed by atoms with van der Waals surface area (Å²) in [5, 5.41) is 11.1. The van der Waals surface area contributed by atoms with Crippen molar-refractivity contribution in [2.75, 3.05) is 0 Å². The molecule has 0 aliphatic rings. The van der Waals surface area contributed by atoms with Gasteiger partial charge in [0.2, 0.25) is 5.91 Å². The third-order valence-corrected chi connectivity index (χ3v) is 2.23. The molecule has 5 heteroatoms. The molecule has 0 fully saturated rings. The zero-order chi connectivity index (χ0) is 11.8. The van der Waals surface area contributed by atoms with Crippen LogP contribution in [-0.2, 0) is 9.59 Å². The first-order valence-corrected chi connectivity index (χ1v) is 5.31. The highest BCUT2D eigenvalue weighted by molar-refractivity contribution is 5.86. The van der Waals surface area contributed by atoms with E-state index in [4.69, 9.17) is 10.8 Å². The summed E-state index contributed by atoms with van der Waals surface area (Å²) in [6.07, 6.45) is 2.80. The molecule has 0 rings (SSSR count). The predicted molar refractivity (Wildman–Crippen MR) is 57.4 cm³/mol. The highest BCUT2D eigenvalue weighted by Crippen LogP contribution is 1.99. The van der Waals surface area contributed by atoms with Crippen LogP contribution in [0.2, 0.25) is 0 Å². The van der Waals surface area contributed by atoms with E-state index in [1.54, 1.807) is 6.92 Å². The van der Waals surface area contributed by atoms with E-state index in [0.717, 1.165) is 12.8 Å². The normalized spacial score (nSPS) is 14.3. The number of carboxylic acids is 1. The SMILES string of the molecule is CCCCC(N)C(=O)NC(CC)C(=O)O. The Balaban J connectivity index is 4.04. The Morgan fingerprint density at radius 2 is 2.00 bits per heavy atom. The zero-order valence-electron chi connectivity index (χ0n) is 9.32. The second kappa shape index (κ2) is 7.23. The molecule has 0 aliphatic heterocycles. The lowest BCUT2D eigenvalue weighted by Gasteiger charge is -2.16. The van der Waals surface area contributed by atoms with Gasteiger partial charge in [0.15, 0.2) is 0 Å². The second-order valence-corrected chi connectivity index (χ2v) is 3.56. The van der Waals surface area contributed by atoms with Crippen molar-refractivity contribution >= 4 is 11.9 Å². The molecule has 5 nitrogen and oxygen atoms in total. The van der Waals surface area contributed by atoms with Gasteiger partial charge >= 0.3 is 5.97 Å². The molecular formula is C10H20N2O3. The summed E-state index contributed by atoms with van der Waals surface area (Å²) in [6, 6.07) is -1.43. The van der Waals surface area contributed by atoms with E-state index < -0.39 is 18.1 Å². The molecule has 0 bridgehead atoms. The maximum absolute atomic E-state index is 11.4. The first-order valence-electron chi connectivity index (χ1n) is 5.31. The Labute approximate surface area is 90.0 Å². The van der Waals surface area contributed by atoms with Gasteiger partial charge in [-0.1, -0.05) is 26.7 Å². The number of aliphatic carboxylic acids is 1. The number of hydrogen-bond donors (Lipinski definition) is 3. The molecule has 0 radical (unpaired) electrons. The van der Waals surface area contributed by atoms with E-state index in [0.29, 0.717) is 12.8 Å². The molecule has 0 aromatic rings. The van der Waals surface area contributed by atoms with E-state index in [1.165, 1.54) is 0 Å². The average Bonchev–Trinajstić information content (AvgIpc) is 2.21. The quantitative estimate of drug-likeness (QED) is 0.577. The van der Waals surface area contributed by atoms with Gasteiger partial charge in [-0.3, -0.25) is 4.79 Å². The molecule has 0 aromatic carbocycles. The minimum absolute atomic E-state index is 0.363. The zero-order valence-corrected chi connectivity index (χ0v) is 9.32. The van der Waals surface area contributed by atoms with E-state index in [-0.39, 0.29) is 5.91 Å². The number of rotatable bonds is 7. The van der Waals surface area contributed by atoms with Crippen LogP contribution in [0.15, 0.2) is 0 Å². The van der Waals surface area contributed by atoms with Crippen molar-refractivity contribution in [2.24, 2.45) is 5.73 Å². The Bertz CT molecular complexity index is 219. The van der Waals surface area contributed by atoms with Crippen LogP contribution in [0.3, 0.4) is 0 Å². The molecule has 0 saturated carbocycles. The summed E-state index contributed by atoms with van der Waals surface area (Å²) in [5.74, 6) is -1.40. The number of carbonyl (C=O) groups excluding carboxylic acids is 1. The summed E-state index contributed by atoms with van der Waals surface area (Å²) in [7, 11) is 0. The smallest absolute Gasteiger partial charge is 0.326 e. The van der Waals surface area contributed by atoms with Crippen LogP contribution in [0.4, 0.5) is 0 Å². The molecule has 0 heterocycles. The lowest BCUT2D eigenvalue weighted by molar-refractivity contribution is -0.142. The maximum atomic E-state index is 11.4. The standard InChI is InChI=1S/C10H20N2O3/c1-3-5-6-7(11)9(13)12-8(4-2)10(14)15/h7-8H,3-6,11H2,1-2H3,(H,12,13)(H,14,15). The predicted octanol–water partition coefficient (Wildman–Crippen LogP) is 0.483. The molecular weight excluding hydrogens is 196 g/mol. The lowest BCUT2D eigenvalue weighted by Crippen LogP contribution is -2.48. The second-order valence-electron chi connectivity index (χ2n) is 3.56. The van der Waals surface area contributed by atoms with Gasteiger partial charge in [-0.25, -0.2) is 4.79 Å². The first kappa shape index (κ1) is 13.9. The highest BCUT2D eigenvalue weighted by Gasteiger charge is 2.20. The van der Waals surface area contributed by atoms with Crippen LogP contribution in [0.1, 0.15) is 39.5 Å². The Morgan fingerprint density at radius 1 is 1.40 bits per heavy atom. The van der Waals surface area contributed by atoms with Crippen molar-refractivity contribution in [2.45, 2.75) is 51.6 Å². The van der Waals surface area contributed by atoms with Crippen molar-refractivity contribution in [1.82, 2.24) is 5.32 Å². The van der Waals surface area contributed by atoms with Gasteiger partial charge < -0.3 is 16.2 Å². The number of hydrogen-bond acceptors (Lipinski definition) is 3. The van der Waals surface area contributed by atoms with Gasteiger partial charge in [0.1, 0.15) is 6.04 Å². The summed E-state index contributed by atoms with van der Waals surface area (Å²) in [6.45, 7) is 3.72. The number of carboxylic acid groups (broad SMARTS) is 1. The van der Waals surface area contributed by atoms with E-state index in [9.17, 15) is 9.59 Å². The highest BCUT2D eigenvalue weighted by atomic mass is 16.4. The monoisotopic (exact) mass is 216 g/mol. The number of unbranched alkanes of at least 4 members (excludes halogenated alkanes) is 1. The minimum Gasteiger partial charge on any atom is -0.480 e. The molecule has 0 spiro atoms. The topological polar surface area (TPSA) is 92.4 Å². The maximum Gasteiger partial charge on any atom is 0.326 e. The number of carbonyl (C=O) groups is 2. The van der Waals surface area contributed by atoms with Gasteiger partial charge in [0.25, 0.3) is 0 Å². The van der Waals surface area contributed by atoms with Crippen LogP contribution in [0.25, 0.3) is 0 Å². The summed E-state index contributed by atoms with van der Waals surface area (Å²) < 4.78 is 0. The van der Waals surface area contributed by atoms with Crippen LogP contribution < -0.4 is 11.1 Å². The van der Waals surface area contributed by atoms with Crippen LogP contribution in [0, 0.1) is 0 Å². The van der Waals surface area contributed by atoms with Crippen molar-refractivity contribution in [1.29, 1.82) is 0 Å². The molecule has 2 unspecified atom stereocenters. The number of nitrogens with one attached hydrogen (secondary N) is 1. The van der Waals surface area contributed by atoms with Crippen LogP contribution in [0.5, 0.6) is 0 Å². The van der Waals surface area contributed by atoms with Gasteiger partial charge in [0.05, 0.1) is 6.04 Å². The largest absolute Gasteiger partial charge is 0.480 e. The fourth-order valence-corrected chi connectivity index (χ4v) is 1.17. The van der Waals surface area contributed by atoms with Gasteiger partial charge in [-0.05, 0) is 12.8 Å². The van der Waals surface area contributed by atoms with Gasteiger partial charge in [-0.15, -0.1) is 0 Å². The van der Waals surface area contributed by atoms with Crippen molar-refractivity contribution < 1.29 is 14.7 Å². The Hall–Kier alpha value is -1.10. The molecule has 2 atom stereocenters. The summed E-state index contributed by atoms with van der Waals surface area (Å²) in [5.41, 5.74) is 5.60. The fraction of sp³-hybridized carbons (Fsp3) is 0.800. The van der Waals surface area contributed by atoms with Crippen molar-refractivity contribution in [3.05, 3.63) is 0 Å². The Morgan fingerprint density at radius 3 is 2.40 bits per heavy atom. The number of amides is 1.